The Morgan fingerprint density at radius 3 is 2.82 bits per heavy atom. The zero-order valence-electron chi connectivity index (χ0n) is 12.4. The van der Waals surface area contributed by atoms with Crippen LogP contribution in [0, 0.1) is 13.8 Å². The third-order valence-corrected chi connectivity index (χ3v) is 3.84. The number of aromatic nitrogens is 2. The van der Waals surface area contributed by atoms with Crippen LogP contribution in [0.1, 0.15) is 11.1 Å². The number of hydrogen-bond donors (Lipinski definition) is 1. The summed E-state index contributed by atoms with van der Waals surface area (Å²) < 4.78 is 1.82. The summed E-state index contributed by atoms with van der Waals surface area (Å²) in [4.78, 5) is 16.6. The molecule has 1 amide bonds. The zero-order chi connectivity index (χ0) is 15.7. The van der Waals surface area contributed by atoms with Crippen molar-refractivity contribution < 1.29 is 4.79 Å². The van der Waals surface area contributed by atoms with Crippen LogP contribution in [0.3, 0.4) is 0 Å². The number of nitrogens with zero attached hydrogens (tertiary/aromatic N) is 2. The van der Waals surface area contributed by atoms with E-state index in [0.29, 0.717) is 10.7 Å². The maximum absolute atomic E-state index is 12.3. The average molecular weight is 314 g/mol. The molecule has 3 aromatic rings. The highest BCUT2D eigenvalue weighted by Gasteiger charge is 2.11. The summed E-state index contributed by atoms with van der Waals surface area (Å²) in [5, 5.41) is 3.45. The largest absolute Gasteiger partial charge is 0.323 e. The smallest absolute Gasteiger partial charge is 0.244 e. The lowest BCUT2D eigenvalue weighted by atomic mass is 10.1. The van der Waals surface area contributed by atoms with Crippen LogP contribution in [0.4, 0.5) is 5.69 Å². The average Bonchev–Trinajstić information content (AvgIpc) is 2.86. The highest BCUT2D eigenvalue weighted by molar-refractivity contribution is 6.34. The van der Waals surface area contributed by atoms with Crippen LogP contribution in [0.2, 0.25) is 5.02 Å². The maximum atomic E-state index is 12.3. The van der Waals surface area contributed by atoms with Gasteiger partial charge in [-0.25, -0.2) is 4.98 Å². The first-order valence-electron chi connectivity index (χ1n) is 7.01. The fourth-order valence-corrected chi connectivity index (χ4v) is 2.91. The van der Waals surface area contributed by atoms with Gasteiger partial charge in [-0.3, -0.25) is 4.79 Å². The van der Waals surface area contributed by atoms with Crippen molar-refractivity contribution in [2.45, 2.75) is 20.4 Å². The van der Waals surface area contributed by atoms with Gasteiger partial charge in [0, 0.05) is 0 Å². The van der Waals surface area contributed by atoms with Gasteiger partial charge in [0.25, 0.3) is 0 Å². The molecule has 0 saturated carbocycles. The van der Waals surface area contributed by atoms with Gasteiger partial charge in [-0.05, 0) is 43.2 Å². The second-order valence-corrected chi connectivity index (χ2v) is 5.76. The van der Waals surface area contributed by atoms with Crippen molar-refractivity contribution in [3.05, 3.63) is 58.9 Å². The van der Waals surface area contributed by atoms with E-state index < -0.39 is 0 Å². The lowest BCUT2D eigenvalue weighted by Gasteiger charge is -2.12. The van der Waals surface area contributed by atoms with Crippen LogP contribution in [0.25, 0.3) is 11.0 Å². The molecule has 3 rings (SSSR count). The minimum Gasteiger partial charge on any atom is -0.323 e. The normalized spacial score (nSPS) is 10.9. The van der Waals surface area contributed by atoms with Crippen molar-refractivity contribution in [3.8, 4) is 0 Å². The number of aryl methyl sites for hydroxylation is 2. The summed E-state index contributed by atoms with van der Waals surface area (Å²) in [5.74, 6) is -0.128. The van der Waals surface area contributed by atoms with E-state index in [1.54, 1.807) is 6.33 Å². The molecule has 4 nitrogen and oxygen atoms in total. The van der Waals surface area contributed by atoms with Crippen LogP contribution < -0.4 is 5.32 Å². The summed E-state index contributed by atoms with van der Waals surface area (Å²) >= 11 is 6.22. The zero-order valence-corrected chi connectivity index (χ0v) is 13.2. The second kappa shape index (κ2) is 5.81. The molecule has 5 heteroatoms. The molecule has 0 saturated heterocycles. The Balaban J connectivity index is 1.81. The van der Waals surface area contributed by atoms with Crippen LogP contribution in [-0.2, 0) is 11.3 Å². The third kappa shape index (κ3) is 2.83. The van der Waals surface area contributed by atoms with E-state index in [9.17, 15) is 4.79 Å². The number of anilines is 1. The number of carbonyl (C=O) groups is 1. The molecule has 22 heavy (non-hydrogen) atoms. The number of fused-ring (bicyclic) bond motifs is 1. The molecule has 0 atom stereocenters. The Kier molecular flexibility index (Phi) is 3.86. The quantitative estimate of drug-likeness (QED) is 0.796. The van der Waals surface area contributed by atoms with E-state index in [-0.39, 0.29) is 12.5 Å². The predicted octanol–water partition coefficient (Wildman–Crippen LogP) is 3.95. The Hall–Kier alpha value is -2.33. The number of para-hydroxylation sites is 2. The molecule has 0 fully saturated rings. The number of nitrogens with one attached hydrogen (secondary N) is 1. The van der Waals surface area contributed by atoms with Crippen molar-refractivity contribution >= 4 is 34.2 Å². The Morgan fingerprint density at radius 1 is 1.27 bits per heavy atom. The van der Waals surface area contributed by atoms with Gasteiger partial charge >= 0.3 is 0 Å². The molecule has 1 heterocycles. The second-order valence-electron chi connectivity index (χ2n) is 5.35. The van der Waals surface area contributed by atoms with Gasteiger partial charge in [0.15, 0.2) is 0 Å². The number of carbonyl (C=O) groups excluding carboxylic acids is 1. The first-order chi connectivity index (χ1) is 10.5. The van der Waals surface area contributed by atoms with Gasteiger partial charge in [0.1, 0.15) is 6.54 Å². The van der Waals surface area contributed by atoms with Crippen molar-refractivity contribution in [2.75, 3.05) is 5.32 Å². The van der Waals surface area contributed by atoms with E-state index in [0.717, 1.165) is 22.2 Å². The molecular weight excluding hydrogens is 298 g/mol. The fraction of sp³-hybridized carbons (Fsp3) is 0.176. The molecule has 1 aromatic heterocycles. The Labute approximate surface area is 133 Å². The monoisotopic (exact) mass is 313 g/mol. The number of hydrogen-bond acceptors (Lipinski definition) is 2. The molecule has 0 aliphatic rings. The van der Waals surface area contributed by atoms with Crippen LogP contribution in [0.15, 0.2) is 42.7 Å². The molecule has 0 aliphatic heterocycles. The van der Waals surface area contributed by atoms with E-state index >= 15 is 0 Å². The molecular formula is C17H16ClN3O. The van der Waals surface area contributed by atoms with Crippen LogP contribution >= 0.6 is 11.6 Å². The lowest BCUT2D eigenvalue weighted by Crippen LogP contribution is -2.19. The van der Waals surface area contributed by atoms with Gasteiger partial charge in [-0.2, -0.15) is 0 Å². The maximum Gasteiger partial charge on any atom is 0.244 e. The van der Waals surface area contributed by atoms with Crippen LogP contribution in [0.5, 0.6) is 0 Å². The van der Waals surface area contributed by atoms with Crippen molar-refractivity contribution in [3.63, 3.8) is 0 Å². The standard InChI is InChI=1S/C17H16ClN3O/c1-11-7-12(2)17(13(18)8-11)20-16(22)9-21-10-19-14-5-3-4-6-15(14)21/h3-8,10H,9H2,1-2H3,(H,20,22). The highest BCUT2D eigenvalue weighted by Crippen LogP contribution is 2.27. The topological polar surface area (TPSA) is 46.9 Å². The summed E-state index contributed by atoms with van der Waals surface area (Å²) in [7, 11) is 0. The van der Waals surface area contributed by atoms with Crippen LogP contribution in [-0.4, -0.2) is 15.5 Å². The summed E-state index contributed by atoms with van der Waals surface area (Å²) in [5.41, 5.74) is 4.50. The van der Waals surface area contributed by atoms with Crippen molar-refractivity contribution in [2.24, 2.45) is 0 Å². The van der Waals surface area contributed by atoms with Gasteiger partial charge in [0.05, 0.1) is 28.1 Å². The van der Waals surface area contributed by atoms with Gasteiger partial charge < -0.3 is 9.88 Å². The highest BCUT2D eigenvalue weighted by atomic mass is 35.5. The Morgan fingerprint density at radius 2 is 2.05 bits per heavy atom. The van der Waals surface area contributed by atoms with E-state index in [1.165, 1.54) is 0 Å². The number of benzene rings is 2. The third-order valence-electron chi connectivity index (χ3n) is 3.54. The first kappa shape index (κ1) is 14.6. The minimum atomic E-state index is -0.128. The predicted molar refractivity (Wildman–Crippen MR) is 89.3 cm³/mol. The molecule has 2 aromatic carbocycles. The van der Waals surface area contributed by atoms with Gasteiger partial charge in [-0.1, -0.05) is 29.8 Å². The number of rotatable bonds is 3. The van der Waals surface area contributed by atoms with Crippen molar-refractivity contribution in [1.29, 1.82) is 0 Å². The number of imidazole rings is 1. The molecule has 0 spiro atoms. The lowest BCUT2D eigenvalue weighted by molar-refractivity contribution is -0.116. The molecule has 1 N–H and O–H groups in total. The molecule has 0 bridgehead atoms. The number of halogens is 1. The van der Waals surface area contributed by atoms with E-state index in [2.05, 4.69) is 10.3 Å². The summed E-state index contributed by atoms with van der Waals surface area (Å²) in [6.07, 6.45) is 1.67. The minimum absolute atomic E-state index is 0.128. The molecule has 0 radical (unpaired) electrons. The number of amides is 1. The van der Waals surface area contributed by atoms with Gasteiger partial charge in [-0.15, -0.1) is 0 Å². The SMILES string of the molecule is Cc1cc(C)c(NC(=O)Cn2cnc3ccccc32)c(Cl)c1. The Bertz CT molecular complexity index is 831. The van der Waals surface area contributed by atoms with Gasteiger partial charge in [0.2, 0.25) is 5.91 Å². The van der Waals surface area contributed by atoms with E-state index in [1.807, 2.05) is 54.8 Å². The molecule has 112 valence electrons. The van der Waals surface area contributed by atoms with Crippen molar-refractivity contribution in [1.82, 2.24) is 9.55 Å². The molecule has 0 aliphatic carbocycles. The first-order valence-corrected chi connectivity index (χ1v) is 7.39. The molecule has 0 unspecified atom stereocenters. The van der Waals surface area contributed by atoms with E-state index in [4.69, 9.17) is 11.6 Å². The fourth-order valence-electron chi connectivity index (χ4n) is 2.54. The summed E-state index contributed by atoms with van der Waals surface area (Å²) in [6.45, 7) is 4.10. The summed E-state index contributed by atoms with van der Waals surface area (Å²) in [6, 6.07) is 11.6.